The second-order valence-corrected chi connectivity index (χ2v) is 6.87. The molecular weight excluding hydrogens is 326 g/mol. The Kier molecular flexibility index (Phi) is 9.63. The molecule has 136 valence electrons. The van der Waals surface area contributed by atoms with E-state index in [2.05, 4.69) is 17.6 Å². The fourth-order valence-electron chi connectivity index (χ4n) is 1.95. The Bertz CT molecular complexity index is 524. The number of carbonyl (C=O) groups excluding carboxylic acids is 2. The Morgan fingerprint density at radius 2 is 1.71 bits per heavy atom. The van der Waals surface area contributed by atoms with Crippen molar-refractivity contribution >= 4 is 24.2 Å². The zero-order chi connectivity index (χ0) is 17.5. The summed E-state index contributed by atoms with van der Waals surface area (Å²) in [6.45, 7) is 8.98. The van der Waals surface area contributed by atoms with Gasteiger partial charge in [0.25, 0.3) is 5.91 Å². The predicted molar refractivity (Wildman–Crippen MR) is 100 cm³/mol. The third kappa shape index (κ3) is 7.32. The number of amides is 2. The van der Waals surface area contributed by atoms with Crippen molar-refractivity contribution in [1.82, 2.24) is 10.6 Å². The summed E-state index contributed by atoms with van der Waals surface area (Å²) in [5.41, 5.74) is 7.20. The summed E-state index contributed by atoms with van der Waals surface area (Å²) in [7, 11) is 0. The maximum atomic E-state index is 12.0. The fraction of sp³-hybridized carbons (Fsp3) is 0.556. The van der Waals surface area contributed by atoms with Crippen molar-refractivity contribution in [2.75, 3.05) is 6.54 Å². The van der Waals surface area contributed by atoms with Gasteiger partial charge in [-0.15, -0.1) is 12.4 Å². The molecule has 0 aliphatic rings. The van der Waals surface area contributed by atoms with Gasteiger partial charge in [-0.25, -0.2) is 0 Å². The molecule has 5 nitrogen and oxygen atoms in total. The minimum Gasteiger partial charge on any atom is -0.352 e. The Morgan fingerprint density at radius 3 is 2.21 bits per heavy atom. The van der Waals surface area contributed by atoms with Gasteiger partial charge in [-0.3, -0.25) is 9.59 Å². The van der Waals surface area contributed by atoms with Crippen molar-refractivity contribution in [2.24, 2.45) is 11.1 Å². The van der Waals surface area contributed by atoms with Gasteiger partial charge in [0.05, 0.1) is 6.04 Å². The van der Waals surface area contributed by atoms with Crippen LogP contribution in [0, 0.1) is 5.41 Å². The highest BCUT2D eigenvalue weighted by atomic mass is 35.5. The lowest BCUT2D eigenvalue weighted by Crippen LogP contribution is -2.48. The topological polar surface area (TPSA) is 84.2 Å². The summed E-state index contributed by atoms with van der Waals surface area (Å²) in [5, 5.41) is 5.71. The number of halogens is 1. The summed E-state index contributed by atoms with van der Waals surface area (Å²) < 4.78 is 0. The smallest absolute Gasteiger partial charge is 0.251 e. The number of nitrogens with one attached hydrogen (secondary N) is 2. The van der Waals surface area contributed by atoms with Crippen LogP contribution in [0.3, 0.4) is 0 Å². The van der Waals surface area contributed by atoms with Gasteiger partial charge in [-0.2, -0.15) is 0 Å². The van der Waals surface area contributed by atoms with Gasteiger partial charge in [0, 0.05) is 18.7 Å². The lowest BCUT2D eigenvalue weighted by atomic mass is 9.87. The van der Waals surface area contributed by atoms with E-state index in [9.17, 15) is 9.59 Å². The van der Waals surface area contributed by atoms with E-state index in [1.807, 2.05) is 32.9 Å². The van der Waals surface area contributed by atoms with Gasteiger partial charge in [-0.05, 0) is 29.5 Å². The molecule has 1 aromatic carbocycles. The van der Waals surface area contributed by atoms with E-state index in [4.69, 9.17) is 5.73 Å². The lowest BCUT2D eigenvalue weighted by molar-refractivity contribution is -0.124. The molecule has 0 aliphatic carbocycles. The normalized spacial score (nSPS) is 12.0. The van der Waals surface area contributed by atoms with Crippen LogP contribution in [0.25, 0.3) is 0 Å². The minimum absolute atomic E-state index is 0. The monoisotopic (exact) mass is 355 g/mol. The minimum atomic E-state index is -0.550. The number of rotatable bonds is 7. The van der Waals surface area contributed by atoms with Crippen LogP contribution in [-0.2, 0) is 11.3 Å². The Hall–Kier alpha value is -1.59. The molecule has 1 aromatic rings. The van der Waals surface area contributed by atoms with Gasteiger partial charge in [0.1, 0.15) is 0 Å². The van der Waals surface area contributed by atoms with Crippen molar-refractivity contribution in [3.05, 3.63) is 35.4 Å². The number of hydrogen-bond donors (Lipinski definition) is 3. The second-order valence-electron chi connectivity index (χ2n) is 6.87. The third-order valence-corrected chi connectivity index (χ3v) is 3.71. The SMILES string of the molecule is CCCCNC(=O)c1ccc(CNC(=O)[C@@H](N)C(C)(C)C)cc1.Cl. The molecule has 0 unspecified atom stereocenters. The van der Waals surface area contributed by atoms with E-state index in [1.54, 1.807) is 12.1 Å². The van der Waals surface area contributed by atoms with Crippen molar-refractivity contribution < 1.29 is 9.59 Å². The number of benzene rings is 1. The largest absolute Gasteiger partial charge is 0.352 e. The molecule has 24 heavy (non-hydrogen) atoms. The number of carbonyl (C=O) groups is 2. The predicted octanol–water partition coefficient (Wildman–Crippen LogP) is 2.63. The molecule has 6 heteroatoms. The molecule has 4 N–H and O–H groups in total. The van der Waals surface area contributed by atoms with Crippen molar-refractivity contribution in [3.63, 3.8) is 0 Å². The highest BCUT2D eigenvalue weighted by Crippen LogP contribution is 2.17. The lowest BCUT2D eigenvalue weighted by Gasteiger charge is -2.25. The van der Waals surface area contributed by atoms with Crippen LogP contribution in [0.1, 0.15) is 56.5 Å². The van der Waals surface area contributed by atoms with E-state index in [0.717, 1.165) is 18.4 Å². The highest BCUT2D eigenvalue weighted by molar-refractivity contribution is 5.94. The van der Waals surface area contributed by atoms with Gasteiger partial charge in [-0.1, -0.05) is 46.2 Å². The van der Waals surface area contributed by atoms with Crippen molar-refractivity contribution in [3.8, 4) is 0 Å². The van der Waals surface area contributed by atoms with Crippen LogP contribution in [0.4, 0.5) is 0 Å². The van der Waals surface area contributed by atoms with Crippen molar-refractivity contribution in [2.45, 2.75) is 53.1 Å². The molecule has 0 fully saturated rings. The van der Waals surface area contributed by atoms with Crippen LogP contribution in [0.5, 0.6) is 0 Å². The second kappa shape index (κ2) is 10.3. The van der Waals surface area contributed by atoms with E-state index in [-0.39, 0.29) is 29.6 Å². The summed E-state index contributed by atoms with van der Waals surface area (Å²) in [5.74, 6) is -0.234. The van der Waals surface area contributed by atoms with Crippen LogP contribution < -0.4 is 16.4 Å². The Balaban J connectivity index is 0.00000529. The molecule has 0 spiro atoms. The van der Waals surface area contributed by atoms with Gasteiger partial charge in [0.15, 0.2) is 0 Å². The fourth-order valence-corrected chi connectivity index (χ4v) is 1.95. The Labute approximate surface area is 151 Å². The molecule has 0 aromatic heterocycles. The Morgan fingerprint density at radius 1 is 1.12 bits per heavy atom. The zero-order valence-electron chi connectivity index (χ0n) is 15.0. The first kappa shape index (κ1) is 22.4. The van der Waals surface area contributed by atoms with Crippen LogP contribution in [0.2, 0.25) is 0 Å². The summed E-state index contributed by atoms with van der Waals surface area (Å²) in [4.78, 5) is 23.9. The first-order valence-electron chi connectivity index (χ1n) is 8.16. The average Bonchev–Trinajstić information content (AvgIpc) is 2.51. The summed E-state index contributed by atoms with van der Waals surface area (Å²) in [6, 6.07) is 6.68. The number of nitrogens with two attached hydrogens (primary N) is 1. The van der Waals surface area contributed by atoms with Gasteiger partial charge < -0.3 is 16.4 Å². The van der Waals surface area contributed by atoms with E-state index in [1.165, 1.54) is 0 Å². The molecule has 0 bridgehead atoms. The molecule has 0 radical (unpaired) electrons. The van der Waals surface area contributed by atoms with E-state index < -0.39 is 6.04 Å². The molecule has 0 saturated carbocycles. The maximum absolute atomic E-state index is 12.0. The van der Waals surface area contributed by atoms with Crippen LogP contribution in [0.15, 0.2) is 24.3 Å². The molecule has 0 aliphatic heterocycles. The molecule has 1 atom stereocenters. The first-order valence-corrected chi connectivity index (χ1v) is 8.16. The average molecular weight is 356 g/mol. The third-order valence-electron chi connectivity index (χ3n) is 3.71. The quantitative estimate of drug-likeness (QED) is 0.657. The highest BCUT2D eigenvalue weighted by Gasteiger charge is 2.27. The first-order chi connectivity index (χ1) is 10.8. The number of unbranched alkanes of at least 4 members (excludes halogenated alkanes) is 1. The summed E-state index contributed by atoms with van der Waals surface area (Å²) >= 11 is 0. The van der Waals surface area contributed by atoms with Gasteiger partial charge >= 0.3 is 0 Å². The standard InChI is InChI=1S/C18H29N3O2.ClH/c1-5-6-11-20-16(22)14-9-7-13(8-10-14)12-21-17(23)15(19)18(2,3)4;/h7-10,15H,5-6,11-12,19H2,1-4H3,(H,20,22)(H,21,23);1H/t15-;/m1./s1. The molecule has 1 rings (SSSR count). The maximum Gasteiger partial charge on any atom is 0.251 e. The molecular formula is C18H30ClN3O2. The molecule has 2 amide bonds. The van der Waals surface area contributed by atoms with E-state index in [0.29, 0.717) is 18.7 Å². The molecule has 0 heterocycles. The summed E-state index contributed by atoms with van der Waals surface area (Å²) in [6.07, 6.45) is 2.03. The molecule has 0 saturated heterocycles. The zero-order valence-corrected chi connectivity index (χ0v) is 15.8. The van der Waals surface area contributed by atoms with E-state index >= 15 is 0 Å². The van der Waals surface area contributed by atoms with Crippen LogP contribution >= 0.6 is 12.4 Å². The number of hydrogen-bond acceptors (Lipinski definition) is 3. The van der Waals surface area contributed by atoms with Crippen molar-refractivity contribution in [1.29, 1.82) is 0 Å². The van der Waals surface area contributed by atoms with Gasteiger partial charge in [0.2, 0.25) is 5.91 Å². The van der Waals surface area contributed by atoms with Crippen LogP contribution in [-0.4, -0.2) is 24.4 Å².